The van der Waals surface area contributed by atoms with Crippen molar-refractivity contribution >= 4 is 11.6 Å². The van der Waals surface area contributed by atoms with E-state index in [-0.39, 0.29) is 22.9 Å². The first-order valence-corrected chi connectivity index (χ1v) is 8.31. The van der Waals surface area contributed by atoms with Crippen molar-refractivity contribution in [2.75, 3.05) is 6.61 Å². The molecule has 26 heavy (non-hydrogen) atoms. The molecule has 0 spiro atoms. The largest absolute Gasteiger partial charge is 0.484 e. The number of hydrogen-bond donors (Lipinski definition) is 1. The van der Waals surface area contributed by atoms with E-state index in [1.54, 1.807) is 0 Å². The molecule has 1 saturated carbocycles. The maximum absolute atomic E-state index is 13.7. The number of hydrogen-bond acceptors (Lipinski definition) is 4. The van der Waals surface area contributed by atoms with Crippen LogP contribution in [0.3, 0.4) is 0 Å². The average Bonchev–Trinajstić information content (AvgIpc) is 2.74. The van der Waals surface area contributed by atoms with Crippen molar-refractivity contribution in [2.24, 2.45) is 11.0 Å². The number of amides is 1. The number of ether oxygens (including phenoxy) is 1. The van der Waals surface area contributed by atoms with E-state index in [1.807, 2.05) is 0 Å². The van der Waals surface area contributed by atoms with Crippen molar-refractivity contribution in [3.63, 3.8) is 0 Å². The van der Waals surface area contributed by atoms with E-state index in [0.717, 1.165) is 18.6 Å². The third kappa shape index (κ3) is 3.27. The first kappa shape index (κ1) is 18.6. The van der Waals surface area contributed by atoms with Crippen molar-refractivity contribution in [3.8, 4) is 5.75 Å². The Morgan fingerprint density at radius 2 is 1.96 bits per heavy atom. The molecule has 1 N–H and O–H groups in total. The number of carbonyl (C=O) groups is 1. The van der Waals surface area contributed by atoms with E-state index in [2.05, 4.69) is 5.10 Å². The van der Waals surface area contributed by atoms with Gasteiger partial charge in [0.05, 0.1) is 5.92 Å². The predicted molar refractivity (Wildman–Crippen MR) is 83.8 cm³/mol. The number of benzene rings is 1. The number of nitrogens with zero attached hydrogens (tertiary/aromatic N) is 2. The molecule has 0 radical (unpaired) electrons. The van der Waals surface area contributed by atoms with E-state index in [0.29, 0.717) is 19.3 Å². The lowest BCUT2D eigenvalue weighted by Gasteiger charge is -2.37. The van der Waals surface area contributed by atoms with Gasteiger partial charge in [-0.3, -0.25) is 4.79 Å². The minimum Gasteiger partial charge on any atom is -0.484 e. The summed E-state index contributed by atoms with van der Waals surface area (Å²) in [5.74, 6) is -2.77. The summed E-state index contributed by atoms with van der Waals surface area (Å²) in [6.45, 7) is -0.756. The molecule has 3 rings (SSSR count). The fourth-order valence-corrected chi connectivity index (χ4v) is 3.38. The van der Waals surface area contributed by atoms with Crippen LogP contribution in [0.25, 0.3) is 0 Å². The zero-order valence-electron chi connectivity index (χ0n) is 13.8. The predicted octanol–water partition coefficient (Wildman–Crippen LogP) is 3.23. The molecule has 1 heterocycles. The van der Waals surface area contributed by atoms with Gasteiger partial charge in [-0.05, 0) is 43.5 Å². The van der Waals surface area contributed by atoms with Crippen LogP contribution < -0.4 is 4.74 Å². The number of halogens is 4. The highest BCUT2D eigenvalue weighted by Crippen LogP contribution is 2.47. The molecule has 1 aromatic rings. The molecule has 2 aliphatic rings. The summed E-state index contributed by atoms with van der Waals surface area (Å²) in [6.07, 6.45) is -2.69. The summed E-state index contributed by atoms with van der Waals surface area (Å²) in [4.78, 5) is 12.3. The first-order chi connectivity index (χ1) is 12.2. The van der Waals surface area contributed by atoms with Crippen molar-refractivity contribution in [1.82, 2.24) is 5.01 Å². The third-order valence-electron chi connectivity index (χ3n) is 4.69. The van der Waals surface area contributed by atoms with Crippen molar-refractivity contribution in [2.45, 2.75) is 44.0 Å². The van der Waals surface area contributed by atoms with Crippen LogP contribution in [0.15, 0.2) is 29.4 Å². The minimum atomic E-state index is -5.06. The lowest BCUT2D eigenvalue weighted by molar-refractivity contribution is -0.317. The molecule has 0 aromatic heterocycles. The lowest BCUT2D eigenvalue weighted by atomic mass is 9.87. The van der Waals surface area contributed by atoms with Gasteiger partial charge in [-0.25, -0.2) is 4.39 Å². The molecule has 1 aliphatic carbocycles. The molecule has 1 aliphatic heterocycles. The Kier molecular flexibility index (Phi) is 4.92. The minimum absolute atomic E-state index is 0.109. The van der Waals surface area contributed by atoms with Crippen LogP contribution in [-0.2, 0) is 4.79 Å². The molecule has 1 amide bonds. The molecule has 0 unspecified atom stereocenters. The fraction of sp³-hybridized carbons (Fsp3) is 0.529. The summed E-state index contributed by atoms with van der Waals surface area (Å²) in [7, 11) is 0. The van der Waals surface area contributed by atoms with Gasteiger partial charge in [-0.1, -0.05) is 12.8 Å². The molecule has 0 saturated heterocycles. The second-order valence-corrected chi connectivity index (χ2v) is 6.42. The highest BCUT2D eigenvalue weighted by Gasteiger charge is 2.68. The Morgan fingerprint density at radius 3 is 2.62 bits per heavy atom. The Hall–Kier alpha value is -2.16. The summed E-state index contributed by atoms with van der Waals surface area (Å²) < 4.78 is 59.0. The maximum Gasteiger partial charge on any atom is 0.439 e. The fourth-order valence-electron chi connectivity index (χ4n) is 3.38. The molecule has 142 valence electrons. The van der Waals surface area contributed by atoms with Gasteiger partial charge in [0.1, 0.15) is 11.6 Å². The molecule has 9 heteroatoms. The second kappa shape index (κ2) is 6.86. The van der Waals surface area contributed by atoms with Crippen LogP contribution in [0.5, 0.6) is 5.75 Å². The zero-order valence-corrected chi connectivity index (χ0v) is 13.8. The van der Waals surface area contributed by atoms with E-state index in [9.17, 15) is 27.5 Å². The molecular formula is C17H18F4N2O3. The number of aliphatic hydroxyl groups is 1. The van der Waals surface area contributed by atoms with Crippen molar-refractivity contribution in [1.29, 1.82) is 0 Å². The summed E-state index contributed by atoms with van der Waals surface area (Å²) in [6, 6.07) is 4.69. The molecule has 2 atom stereocenters. The van der Waals surface area contributed by atoms with Gasteiger partial charge in [0.25, 0.3) is 11.6 Å². The Balaban J connectivity index is 1.81. The number of carbonyl (C=O) groups excluding carboxylic acids is 1. The van der Waals surface area contributed by atoms with Gasteiger partial charge in [-0.2, -0.15) is 23.3 Å². The van der Waals surface area contributed by atoms with Crippen LogP contribution in [0.2, 0.25) is 0 Å². The second-order valence-electron chi connectivity index (χ2n) is 6.42. The van der Waals surface area contributed by atoms with E-state index in [4.69, 9.17) is 4.74 Å². The van der Waals surface area contributed by atoms with Crippen LogP contribution >= 0.6 is 0 Å². The van der Waals surface area contributed by atoms with Crippen molar-refractivity contribution < 1.29 is 32.2 Å². The number of fused-ring (bicyclic) bond motifs is 1. The van der Waals surface area contributed by atoms with Crippen LogP contribution in [-0.4, -0.2) is 40.2 Å². The van der Waals surface area contributed by atoms with Crippen molar-refractivity contribution in [3.05, 3.63) is 30.1 Å². The molecular weight excluding hydrogens is 356 g/mol. The summed E-state index contributed by atoms with van der Waals surface area (Å²) in [5, 5.41) is 14.4. The van der Waals surface area contributed by atoms with Gasteiger partial charge in [0.15, 0.2) is 6.61 Å². The van der Waals surface area contributed by atoms with E-state index < -0.39 is 36.2 Å². The standard InChI is InChI=1S/C17H18F4N2O3/c18-11-6-8-12(9-7-11)26-10-15(24)23-16(25,17(19,20)21)13-4-2-1-3-5-14(13)22-23/h6-9,13,25H,1-5,10H2/t13-,16+/m1/s1. The van der Waals surface area contributed by atoms with Gasteiger partial charge in [0, 0.05) is 5.71 Å². The Bertz CT molecular complexity index is 705. The highest BCUT2D eigenvalue weighted by atomic mass is 19.4. The first-order valence-electron chi connectivity index (χ1n) is 8.31. The topological polar surface area (TPSA) is 62.1 Å². The Labute approximate surface area is 147 Å². The maximum atomic E-state index is 13.7. The van der Waals surface area contributed by atoms with Crippen LogP contribution in [0.4, 0.5) is 17.6 Å². The highest BCUT2D eigenvalue weighted by molar-refractivity contribution is 5.93. The molecule has 1 fully saturated rings. The Morgan fingerprint density at radius 1 is 1.27 bits per heavy atom. The van der Waals surface area contributed by atoms with Gasteiger partial charge in [-0.15, -0.1) is 0 Å². The van der Waals surface area contributed by atoms with E-state index >= 15 is 0 Å². The van der Waals surface area contributed by atoms with Gasteiger partial charge >= 0.3 is 6.18 Å². The monoisotopic (exact) mass is 374 g/mol. The molecule has 1 aromatic carbocycles. The van der Waals surface area contributed by atoms with E-state index in [1.165, 1.54) is 12.1 Å². The molecule has 0 bridgehead atoms. The third-order valence-corrected chi connectivity index (χ3v) is 4.69. The smallest absolute Gasteiger partial charge is 0.439 e. The van der Waals surface area contributed by atoms with Crippen LogP contribution in [0, 0.1) is 11.7 Å². The summed E-state index contributed by atoms with van der Waals surface area (Å²) in [5.41, 5.74) is -3.17. The SMILES string of the molecule is O=C(COc1ccc(F)cc1)N1N=C2CCCCC[C@H]2[C@]1(O)C(F)(F)F. The quantitative estimate of drug-likeness (QED) is 0.827. The number of alkyl halides is 3. The normalized spacial score (nSPS) is 26.1. The number of rotatable bonds is 3. The zero-order chi connectivity index (χ0) is 18.9. The molecule has 5 nitrogen and oxygen atoms in total. The lowest BCUT2D eigenvalue weighted by Crippen LogP contribution is -2.61. The van der Waals surface area contributed by atoms with Gasteiger partial charge in [0.2, 0.25) is 0 Å². The number of hydrazone groups is 1. The van der Waals surface area contributed by atoms with Gasteiger partial charge < -0.3 is 9.84 Å². The van der Waals surface area contributed by atoms with Crippen LogP contribution in [0.1, 0.15) is 32.1 Å². The average molecular weight is 374 g/mol. The summed E-state index contributed by atoms with van der Waals surface area (Å²) >= 11 is 0.